The number of nitrogens with two attached hydrogens (primary N) is 1. The maximum Gasteiger partial charge on any atom is 0.238 e. The van der Waals surface area contributed by atoms with E-state index in [2.05, 4.69) is 5.32 Å². The van der Waals surface area contributed by atoms with Gasteiger partial charge in [-0.25, -0.2) is 8.42 Å². The predicted octanol–water partition coefficient (Wildman–Crippen LogP) is -0.653. The van der Waals surface area contributed by atoms with E-state index in [9.17, 15) is 13.2 Å². The molecule has 0 aromatic rings. The van der Waals surface area contributed by atoms with Crippen LogP contribution in [0.1, 0.15) is 27.7 Å². The smallest absolute Gasteiger partial charge is 0.238 e. The molecule has 2 atom stereocenters. The van der Waals surface area contributed by atoms with Crippen molar-refractivity contribution in [3.05, 3.63) is 0 Å². The molecule has 0 spiro atoms. The van der Waals surface area contributed by atoms with Crippen LogP contribution in [0.4, 0.5) is 0 Å². The van der Waals surface area contributed by atoms with Crippen molar-refractivity contribution < 1.29 is 13.2 Å². The summed E-state index contributed by atoms with van der Waals surface area (Å²) in [7, 11) is -2.94. The molecule has 0 aliphatic carbocycles. The fourth-order valence-corrected chi connectivity index (χ4v) is 4.13. The summed E-state index contributed by atoms with van der Waals surface area (Å²) in [5, 5.41) is 3.18. The van der Waals surface area contributed by atoms with Gasteiger partial charge < -0.3 is 11.1 Å². The molecule has 7 heteroatoms. The molecule has 1 amide bonds. The highest BCUT2D eigenvalue weighted by atomic mass is 32.2. The zero-order chi connectivity index (χ0) is 14.8. The highest BCUT2D eigenvalue weighted by Crippen LogP contribution is 2.16. The van der Waals surface area contributed by atoms with Crippen LogP contribution in [0.2, 0.25) is 0 Å². The Morgan fingerprint density at radius 3 is 2.53 bits per heavy atom. The largest absolute Gasteiger partial charge is 0.368 e. The van der Waals surface area contributed by atoms with Crippen LogP contribution in [0.15, 0.2) is 0 Å². The molecule has 0 saturated carbocycles. The summed E-state index contributed by atoms with van der Waals surface area (Å²) < 4.78 is 23.1. The second kappa shape index (κ2) is 5.76. The van der Waals surface area contributed by atoms with Crippen LogP contribution in [0.25, 0.3) is 0 Å². The number of nitrogens with one attached hydrogen (secondary N) is 1. The van der Waals surface area contributed by atoms with Gasteiger partial charge in [0.25, 0.3) is 0 Å². The van der Waals surface area contributed by atoms with Gasteiger partial charge in [0.05, 0.1) is 11.5 Å². The predicted molar refractivity (Wildman–Crippen MR) is 75.6 cm³/mol. The SMILES string of the molecule is CC(C)NC(C)(CN1CCS(=O)(=O)CC1C)C(N)=O. The number of rotatable bonds is 5. The van der Waals surface area contributed by atoms with E-state index in [1.54, 1.807) is 6.92 Å². The Balaban J connectivity index is 2.78. The molecule has 6 nitrogen and oxygen atoms in total. The Bertz CT molecular complexity index is 436. The summed E-state index contributed by atoms with van der Waals surface area (Å²) in [5.74, 6) is -0.126. The third-order valence-corrected chi connectivity index (χ3v) is 5.27. The molecule has 1 saturated heterocycles. The third kappa shape index (κ3) is 4.43. The van der Waals surface area contributed by atoms with Gasteiger partial charge in [0, 0.05) is 25.2 Å². The third-order valence-electron chi connectivity index (χ3n) is 3.48. The van der Waals surface area contributed by atoms with Gasteiger partial charge in [-0.1, -0.05) is 0 Å². The van der Waals surface area contributed by atoms with E-state index in [0.717, 1.165) is 0 Å². The van der Waals surface area contributed by atoms with Gasteiger partial charge in [-0.15, -0.1) is 0 Å². The van der Waals surface area contributed by atoms with Gasteiger partial charge in [-0.3, -0.25) is 9.69 Å². The van der Waals surface area contributed by atoms with Crippen molar-refractivity contribution in [3.63, 3.8) is 0 Å². The first-order chi connectivity index (χ1) is 8.56. The van der Waals surface area contributed by atoms with Crippen molar-refractivity contribution in [1.82, 2.24) is 10.2 Å². The minimum absolute atomic E-state index is 0.0913. The van der Waals surface area contributed by atoms with Gasteiger partial charge in [-0.2, -0.15) is 0 Å². The number of carbonyl (C=O) groups excluding carboxylic acids is 1. The Kier molecular flexibility index (Phi) is 4.97. The Morgan fingerprint density at radius 2 is 2.11 bits per heavy atom. The number of nitrogens with zero attached hydrogens (tertiary/aromatic N) is 1. The maximum atomic E-state index is 11.7. The average molecular weight is 291 g/mol. The zero-order valence-electron chi connectivity index (χ0n) is 12.1. The lowest BCUT2D eigenvalue weighted by Gasteiger charge is -2.40. The van der Waals surface area contributed by atoms with Crippen LogP contribution in [0, 0.1) is 0 Å². The molecule has 1 aliphatic rings. The molecule has 1 heterocycles. The number of primary amides is 1. The van der Waals surface area contributed by atoms with Crippen LogP contribution < -0.4 is 11.1 Å². The molecule has 0 aromatic heterocycles. The van der Waals surface area contributed by atoms with Crippen molar-refractivity contribution in [3.8, 4) is 0 Å². The highest BCUT2D eigenvalue weighted by Gasteiger charge is 2.37. The molecule has 112 valence electrons. The van der Waals surface area contributed by atoms with Crippen molar-refractivity contribution in [2.75, 3.05) is 24.6 Å². The van der Waals surface area contributed by atoms with Crippen molar-refractivity contribution in [2.45, 2.75) is 45.3 Å². The monoisotopic (exact) mass is 291 g/mol. The van der Waals surface area contributed by atoms with Crippen LogP contribution in [-0.4, -0.2) is 61.4 Å². The molecular formula is C12H25N3O3S. The quantitative estimate of drug-likeness (QED) is 0.702. The van der Waals surface area contributed by atoms with Crippen LogP contribution in [0.3, 0.4) is 0 Å². The first-order valence-corrected chi connectivity index (χ1v) is 8.40. The molecule has 1 aliphatic heterocycles. The molecule has 0 radical (unpaired) electrons. The van der Waals surface area contributed by atoms with Crippen LogP contribution >= 0.6 is 0 Å². The summed E-state index contributed by atoms with van der Waals surface area (Å²) in [6, 6.07) is 0.0349. The number of hydrogen-bond donors (Lipinski definition) is 2. The fraction of sp³-hybridized carbons (Fsp3) is 0.917. The Hall–Kier alpha value is -0.660. The standard InChI is InChI=1S/C12H25N3O3S/c1-9(2)14-12(4,11(13)16)8-15-5-6-19(17,18)7-10(15)3/h9-10,14H,5-8H2,1-4H3,(H2,13,16). The second-order valence-corrected chi connectivity index (χ2v) is 8.16. The molecule has 1 rings (SSSR count). The fourth-order valence-electron chi connectivity index (χ4n) is 2.51. The van der Waals surface area contributed by atoms with Gasteiger partial charge >= 0.3 is 0 Å². The van der Waals surface area contributed by atoms with E-state index in [1.807, 2.05) is 25.7 Å². The van der Waals surface area contributed by atoms with Crippen molar-refractivity contribution in [2.24, 2.45) is 5.73 Å². The zero-order valence-corrected chi connectivity index (χ0v) is 13.0. The highest BCUT2D eigenvalue weighted by molar-refractivity contribution is 7.91. The van der Waals surface area contributed by atoms with E-state index in [1.165, 1.54) is 0 Å². The molecule has 1 fully saturated rings. The number of carbonyl (C=O) groups is 1. The van der Waals surface area contributed by atoms with Gasteiger partial charge in [0.1, 0.15) is 5.54 Å². The summed E-state index contributed by atoms with van der Waals surface area (Å²) in [5.41, 5.74) is 4.65. The number of amides is 1. The van der Waals surface area contributed by atoms with Gasteiger partial charge in [0.15, 0.2) is 9.84 Å². The average Bonchev–Trinajstić information content (AvgIpc) is 2.20. The Morgan fingerprint density at radius 1 is 1.53 bits per heavy atom. The van der Waals surface area contributed by atoms with Crippen molar-refractivity contribution >= 4 is 15.7 Å². The lowest BCUT2D eigenvalue weighted by Crippen LogP contribution is -2.63. The Labute approximate surface area is 115 Å². The minimum atomic E-state index is -2.94. The van der Waals surface area contributed by atoms with Crippen molar-refractivity contribution in [1.29, 1.82) is 0 Å². The molecule has 0 aromatic carbocycles. The van der Waals surface area contributed by atoms with Crippen LogP contribution in [-0.2, 0) is 14.6 Å². The lowest BCUT2D eigenvalue weighted by molar-refractivity contribution is -0.125. The second-order valence-electron chi connectivity index (χ2n) is 5.93. The minimum Gasteiger partial charge on any atom is -0.368 e. The summed E-state index contributed by atoms with van der Waals surface area (Å²) >= 11 is 0. The van der Waals surface area contributed by atoms with E-state index in [4.69, 9.17) is 5.73 Å². The summed E-state index contributed by atoms with van der Waals surface area (Å²) in [6.45, 7) is 8.42. The van der Waals surface area contributed by atoms with E-state index < -0.39 is 21.3 Å². The first-order valence-electron chi connectivity index (χ1n) is 6.58. The summed E-state index contributed by atoms with van der Waals surface area (Å²) in [6.07, 6.45) is 0. The molecular weight excluding hydrogens is 266 g/mol. The topological polar surface area (TPSA) is 92.5 Å². The van der Waals surface area contributed by atoms with E-state index in [0.29, 0.717) is 13.1 Å². The molecule has 3 N–H and O–H groups in total. The number of hydrogen-bond acceptors (Lipinski definition) is 5. The first kappa shape index (κ1) is 16.4. The van der Waals surface area contributed by atoms with E-state index in [-0.39, 0.29) is 23.6 Å². The van der Waals surface area contributed by atoms with E-state index >= 15 is 0 Å². The normalized spacial score (nSPS) is 27.1. The lowest BCUT2D eigenvalue weighted by atomic mass is 9.98. The number of sulfone groups is 1. The molecule has 19 heavy (non-hydrogen) atoms. The summed E-state index contributed by atoms with van der Waals surface area (Å²) in [4.78, 5) is 13.7. The maximum absolute atomic E-state index is 11.7. The molecule has 2 unspecified atom stereocenters. The van der Waals surface area contributed by atoms with Crippen LogP contribution in [0.5, 0.6) is 0 Å². The molecule has 0 bridgehead atoms. The van der Waals surface area contributed by atoms with Gasteiger partial charge in [0.2, 0.25) is 5.91 Å². The van der Waals surface area contributed by atoms with Gasteiger partial charge in [-0.05, 0) is 27.7 Å².